The smallest absolute Gasteiger partial charge is 0.316 e. The van der Waals surface area contributed by atoms with Crippen LogP contribution in [0.1, 0.15) is 117 Å². The topological polar surface area (TPSA) is 74.6 Å². The highest BCUT2D eigenvalue weighted by Crippen LogP contribution is 2.47. The Hall–Kier alpha value is -0.340. The predicted molar refractivity (Wildman–Crippen MR) is 111 cm³/mol. The molecule has 0 fully saturated rings. The van der Waals surface area contributed by atoms with Gasteiger partial charge in [0.15, 0.2) is 0 Å². The Morgan fingerprint density at radius 3 is 1.35 bits per heavy atom. The first-order valence-electron chi connectivity index (χ1n) is 11.0. The molecule has 0 amide bonds. The van der Waals surface area contributed by atoms with Crippen LogP contribution in [0.4, 0.5) is 0 Å². The first-order chi connectivity index (χ1) is 12.4. The molecule has 5 heteroatoms. The van der Waals surface area contributed by atoms with Gasteiger partial charge in [0.1, 0.15) is 5.66 Å². The maximum atomic E-state index is 11.9. The molecule has 2 N–H and O–H groups in total. The normalized spacial score (nSPS) is 14.9. The van der Waals surface area contributed by atoms with Crippen LogP contribution in [0.5, 0.6) is 0 Å². The molecule has 4 nitrogen and oxygen atoms in total. The van der Waals surface area contributed by atoms with Gasteiger partial charge in [-0.3, -0.25) is 9.36 Å². The van der Waals surface area contributed by atoms with E-state index >= 15 is 0 Å². The SMILES string of the molecule is CCCCCCCCCCCCCCCCCCP(=O)(O)C(C)C(=O)O. The van der Waals surface area contributed by atoms with E-state index < -0.39 is 19.0 Å². The summed E-state index contributed by atoms with van der Waals surface area (Å²) in [6.45, 7) is 3.59. The molecule has 0 aromatic carbocycles. The number of rotatable bonds is 19. The second-order valence-corrected chi connectivity index (χ2v) is 10.5. The molecule has 0 aromatic rings. The van der Waals surface area contributed by atoms with Crippen molar-refractivity contribution in [3.63, 3.8) is 0 Å². The van der Waals surface area contributed by atoms with Crippen molar-refractivity contribution in [3.05, 3.63) is 0 Å². The van der Waals surface area contributed by atoms with Crippen LogP contribution in [0.3, 0.4) is 0 Å². The molecule has 0 bridgehead atoms. The number of unbranched alkanes of at least 4 members (excludes halogenated alkanes) is 15. The lowest BCUT2D eigenvalue weighted by Crippen LogP contribution is -2.17. The third-order valence-corrected chi connectivity index (χ3v) is 7.68. The molecule has 26 heavy (non-hydrogen) atoms. The molecule has 0 heterocycles. The molecule has 0 saturated heterocycles. The van der Waals surface area contributed by atoms with Crippen LogP contribution in [0.15, 0.2) is 0 Å². The van der Waals surface area contributed by atoms with Gasteiger partial charge in [-0.25, -0.2) is 0 Å². The van der Waals surface area contributed by atoms with Crippen LogP contribution < -0.4 is 0 Å². The van der Waals surface area contributed by atoms with Crippen molar-refractivity contribution < 1.29 is 19.4 Å². The van der Waals surface area contributed by atoms with Crippen molar-refractivity contribution in [1.82, 2.24) is 0 Å². The number of hydrogen-bond donors (Lipinski definition) is 2. The Labute approximate surface area is 161 Å². The average molecular weight is 391 g/mol. The van der Waals surface area contributed by atoms with E-state index in [9.17, 15) is 14.3 Å². The Morgan fingerprint density at radius 2 is 1.04 bits per heavy atom. The highest BCUT2D eigenvalue weighted by Gasteiger charge is 2.31. The molecule has 2 atom stereocenters. The molecule has 0 saturated carbocycles. The van der Waals surface area contributed by atoms with Crippen molar-refractivity contribution in [3.8, 4) is 0 Å². The number of carbonyl (C=O) groups is 1. The molecule has 2 unspecified atom stereocenters. The van der Waals surface area contributed by atoms with E-state index in [0.717, 1.165) is 12.8 Å². The summed E-state index contributed by atoms with van der Waals surface area (Å²) in [4.78, 5) is 20.5. The molecular formula is C21H43O4P. The van der Waals surface area contributed by atoms with Crippen LogP contribution in [0.2, 0.25) is 0 Å². The summed E-state index contributed by atoms with van der Waals surface area (Å²) in [5, 5.41) is 8.82. The van der Waals surface area contributed by atoms with E-state index in [2.05, 4.69) is 6.92 Å². The fourth-order valence-corrected chi connectivity index (χ4v) is 4.66. The Bertz CT molecular complexity index is 384. The zero-order chi connectivity index (χ0) is 19.7. The number of carboxylic acid groups (broad SMARTS) is 1. The van der Waals surface area contributed by atoms with Gasteiger partial charge in [-0.1, -0.05) is 103 Å². The average Bonchev–Trinajstić information content (AvgIpc) is 2.60. The minimum atomic E-state index is -3.53. The van der Waals surface area contributed by atoms with Gasteiger partial charge in [0.05, 0.1) is 0 Å². The van der Waals surface area contributed by atoms with Gasteiger partial charge in [0, 0.05) is 6.16 Å². The lowest BCUT2D eigenvalue weighted by molar-refractivity contribution is -0.136. The van der Waals surface area contributed by atoms with E-state index in [1.54, 1.807) is 0 Å². The number of aliphatic carboxylic acids is 1. The Kier molecular flexibility index (Phi) is 16.6. The van der Waals surface area contributed by atoms with Gasteiger partial charge >= 0.3 is 5.97 Å². The van der Waals surface area contributed by atoms with Crippen LogP contribution >= 0.6 is 7.37 Å². The summed E-state index contributed by atoms with van der Waals surface area (Å²) in [5.74, 6) is -1.17. The minimum Gasteiger partial charge on any atom is -0.481 e. The quantitative estimate of drug-likeness (QED) is 0.184. The van der Waals surface area contributed by atoms with Gasteiger partial charge in [0.25, 0.3) is 0 Å². The summed E-state index contributed by atoms with van der Waals surface area (Å²) in [5.41, 5.74) is -1.14. The lowest BCUT2D eigenvalue weighted by Gasteiger charge is -2.15. The first kappa shape index (κ1) is 25.7. The third kappa shape index (κ3) is 14.8. The Morgan fingerprint density at radius 1 is 0.731 bits per heavy atom. The maximum Gasteiger partial charge on any atom is 0.316 e. The van der Waals surface area contributed by atoms with Crippen molar-refractivity contribution in [2.45, 2.75) is 122 Å². The second kappa shape index (κ2) is 16.8. The zero-order valence-electron chi connectivity index (χ0n) is 17.3. The molecular weight excluding hydrogens is 347 g/mol. The minimum absolute atomic E-state index is 0.138. The monoisotopic (exact) mass is 390 g/mol. The molecule has 0 spiro atoms. The molecule has 0 aliphatic rings. The van der Waals surface area contributed by atoms with Gasteiger partial charge in [0.2, 0.25) is 7.37 Å². The highest BCUT2D eigenvalue weighted by atomic mass is 31.2. The number of hydrogen-bond acceptors (Lipinski definition) is 2. The standard InChI is InChI=1S/C21H43O4P/c1-3-4-5-6-7-8-9-10-11-12-13-14-15-16-17-18-19-26(24,25)20(2)21(22)23/h20H,3-19H2,1-2H3,(H,22,23)(H,24,25). The van der Waals surface area contributed by atoms with E-state index in [4.69, 9.17) is 5.11 Å². The van der Waals surface area contributed by atoms with Crippen molar-refractivity contribution in [2.24, 2.45) is 0 Å². The van der Waals surface area contributed by atoms with Crippen LogP contribution in [-0.4, -0.2) is 27.8 Å². The molecule has 0 aromatic heterocycles. The molecule has 156 valence electrons. The summed E-state index contributed by atoms with van der Waals surface area (Å²) < 4.78 is 11.9. The third-order valence-electron chi connectivity index (χ3n) is 5.29. The summed E-state index contributed by atoms with van der Waals surface area (Å²) >= 11 is 0. The van der Waals surface area contributed by atoms with Gasteiger partial charge < -0.3 is 10.00 Å². The van der Waals surface area contributed by atoms with E-state index in [-0.39, 0.29) is 6.16 Å². The summed E-state index contributed by atoms with van der Waals surface area (Å²) in [6, 6.07) is 0. The van der Waals surface area contributed by atoms with Crippen LogP contribution in [0.25, 0.3) is 0 Å². The molecule has 0 radical (unpaired) electrons. The van der Waals surface area contributed by atoms with E-state index in [1.807, 2.05) is 0 Å². The van der Waals surface area contributed by atoms with Crippen molar-refractivity contribution in [1.29, 1.82) is 0 Å². The van der Waals surface area contributed by atoms with Crippen molar-refractivity contribution >= 4 is 13.3 Å². The second-order valence-electron chi connectivity index (χ2n) is 7.80. The van der Waals surface area contributed by atoms with Gasteiger partial charge in [-0.2, -0.15) is 0 Å². The predicted octanol–water partition coefficient (Wildman–Crippen LogP) is 6.99. The molecule has 0 aliphatic carbocycles. The van der Waals surface area contributed by atoms with Crippen LogP contribution in [0, 0.1) is 0 Å². The van der Waals surface area contributed by atoms with Crippen LogP contribution in [-0.2, 0) is 9.36 Å². The van der Waals surface area contributed by atoms with E-state index in [0.29, 0.717) is 6.42 Å². The summed E-state index contributed by atoms with van der Waals surface area (Å²) in [7, 11) is -3.53. The fraction of sp³-hybridized carbons (Fsp3) is 0.952. The Balaban J connectivity index is 3.29. The zero-order valence-corrected chi connectivity index (χ0v) is 18.2. The van der Waals surface area contributed by atoms with Crippen molar-refractivity contribution in [2.75, 3.05) is 6.16 Å². The molecule has 0 aliphatic heterocycles. The largest absolute Gasteiger partial charge is 0.481 e. The summed E-state index contributed by atoms with van der Waals surface area (Å²) in [6.07, 6.45) is 20.3. The van der Waals surface area contributed by atoms with E-state index in [1.165, 1.54) is 90.4 Å². The van der Waals surface area contributed by atoms with Gasteiger partial charge in [-0.15, -0.1) is 0 Å². The molecule has 0 rings (SSSR count). The van der Waals surface area contributed by atoms with Gasteiger partial charge in [-0.05, 0) is 13.3 Å². The fourth-order valence-electron chi connectivity index (χ4n) is 3.25. The first-order valence-corrected chi connectivity index (χ1v) is 12.9. The maximum absolute atomic E-state index is 11.9. The lowest BCUT2D eigenvalue weighted by atomic mass is 10.0. The highest BCUT2D eigenvalue weighted by molar-refractivity contribution is 7.59. The number of carboxylic acids is 1.